The summed E-state index contributed by atoms with van der Waals surface area (Å²) in [5.41, 5.74) is -1.96. The predicted molar refractivity (Wildman–Crippen MR) is 48.2 cm³/mol. The molecule has 1 atom stereocenters. The molecule has 0 amide bonds. The van der Waals surface area contributed by atoms with Crippen LogP contribution in [0.25, 0.3) is 11.2 Å². The fraction of sp³-hybridized carbons (Fsp3) is 0.167. The van der Waals surface area contributed by atoms with E-state index in [9.17, 15) is 13.5 Å². The molecule has 2 heterocycles. The Balaban J connectivity index is 2.66. The number of H-pyrrole nitrogens is 1. The van der Waals surface area contributed by atoms with E-state index in [1.54, 1.807) is 0 Å². The van der Waals surface area contributed by atoms with Gasteiger partial charge in [-0.1, -0.05) is 0 Å². The van der Waals surface area contributed by atoms with E-state index in [0.29, 0.717) is 0 Å². The molecule has 0 bridgehead atoms. The number of aliphatic hydroxyl groups is 1. The van der Waals surface area contributed by atoms with Crippen LogP contribution >= 0.6 is 0 Å². The lowest BCUT2D eigenvalue weighted by Gasteiger charge is -2.05. The fourth-order valence-corrected chi connectivity index (χ4v) is 1.57. The molecule has 0 spiro atoms. The molecular weight excluding hydrogens is 224 g/mol. The van der Waals surface area contributed by atoms with Crippen molar-refractivity contribution < 1.29 is 18.1 Å². The first-order valence-electron chi connectivity index (χ1n) is 3.78. The van der Waals surface area contributed by atoms with Crippen molar-refractivity contribution in [1.82, 2.24) is 19.9 Å². The van der Waals surface area contributed by atoms with Crippen molar-refractivity contribution in [3.05, 3.63) is 18.3 Å². The Morgan fingerprint density at radius 1 is 1.33 bits per heavy atom. The van der Waals surface area contributed by atoms with Crippen molar-refractivity contribution >= 4 is 21.3 Å². The zero-order chi connectivity index (χ0) is 11.1. The molecule has 0 aliphatic carbocycles. The van der Waals surface area contributed by atoms with Crippen LogP contribution < -0.4 is 0 Å². The molecule has 2 rings (SSSR count). The molecule has 0 aliphatic heterocycles. The summed E-state index contributed by atoms with van der Waals surface area (Å²) in [7, 11) is -4.61. The van der Waals surface area contributed by atoms with Crippen LogP contribution in [0.4, 0.5) is 0 Å². The van der Waals surface area contributed by atoms with Crippen LogP contribution in [0.5, 0.6) is 0 Å². The summed E-state index contributed by atoms with van der Waals surface area (Å²) in [5, 5.41) is 9.30. The Kier molecular flexibility index (Phi) is 2.14. The number of hydrogen-bond acceptors (Lipinski definition) is 6. The van der Waals surface area contributed by atoms with Gasteiger partial charge in [-0.15, -0.1) is 0 Å². The molecular formula is C6H6N4O4S. The largest absolute Gasteiger partial charge is 0.370 e. The molecule has 0 fully saturated rings. The third-order valence-electron chi connectivity index (χ3n) is 1.77. The predicted octanol–water partition coefficient (Wildman–Crippen LogP) is -0.768. The molecule has 8 nitrogen and oxygen atoms in total. The number of hydrogen-bond donors (Lipinski definition) is 3. The second-order valence-electron chi connectivity index (χ2n) is 2.73. The molecule has 1 unspecified atom stereocenters. The minimum Gasteiger partial charge on any atom is -0.370 e. The first kappa shape index (κ1) is 9.96. The van der Waals surface area contributed by atoms with E-state index in [0.717, 1.165) is 6.33 Å². The molecule has 0 aliphatic rings. The molecule has 80 valence electrons. The summed E-state index contributed by atoms with van der Waals surface area (Å²) >= 11 is 0. The summed E-state index contributed by atoms with van der Waals surface area (Å²) in [5.74, 6) is 0. The van der Waals surface area contributed by atoms with E-state index in [1.165, 1.54) is 6.33 Å². The number of aromatic nitrogens is 4. The van der Waals surface area contributed by atoms with Gasteiger partial charge in [0.2, 0.25) is 5.44 Å². The molecule has 15 heavy (non-hydrogen) atoms. The van der Waals surface area contributed by atoms with Crippen molar-refractivity contribution in [2.75, 3.05) is 0 Å². The van der Waals surface area contributed by atoms with Gasteiger partial charge in [-0.05, 0) is 0 Å². The van der Waals surface area contributed by atoms with E-state index in [-0.39, 0.29) is 16.9 Å². The van der Waals surface area contributed by atoms with Gasteiger partial charge >= 0.3 is 0 Å². The number of nitrogens with one attached hydrogen (secondary N) is 1. The second-order valence-corrected chi connectivity index (χ2v) is 4.20. The number of rotatable bonds is 2. The van der Waals surface area contributed by atoms with Gasteiger partial charge in [0.05, 0.1) is 6.33 Å². The molecule has 0 saturated carbocycles. The highest BCUT2D eigenvalue weighted by molar-refractivity contribution is 7.85. The van der Waals surface area contributed by atoms with Crippen LogP contribution in [0.3, 0.4) is 0 Å². The van der Waals surface area contributed by atoms with Crippen molar-refractivity contribution in [2.45, 2.75) is 5.44 Å². The van der Waals surface area contributed by atoms with E-state index >= 15 is 0 Å². The third-order valence-corrected chi connectivity index (χ3v) is 2.56. The monoisotopic (exact) mass is 230 g/mol. The van der Waals surface area contributed by atoms with Crippen LogP contribution in [0.2, 0.25) is 0 Å². The number of imidazole rings is 1. The van der Waals surface area contributed by atoms with Crippen LogP contribution in [-0.4, -0.2) is 38.0 Å². The average molecular weight is 230 g/mol. The van der Waals surface area contributed by atoms with Gasteiger partial charge in [0.15, 0.2) is 5.65 Å². The minimum atomic E-state index is -4.61. The molecule has 0 saturated heterocycles. The smallest absolute Gasteiger partial charge is 0.298 e. The Bertz CT molecular complexity index is 592. The van der Waals surface area contributed by atoms with Crippen molar-refractivity contribution in [3.8, 4) is 0 Å². The third kappa shape index (κ3) is 1.67. The average Bonchev–Trinajstić information content (AvgIpc) is 2.62. The minimum absolute atomic E-state index is 0.169. The molecule has 0 aromatic carbocycles. The summed E-state index contributed by atoms with van der Waals surface area (Å²) in [6, 6.07) is 0. The topological polar surface area (TPSA) is 129 Å². The zero-order valence-electron chi connectivity index (χ0n) is 7.19. The molecule has 2 aromatic heterocycles. The van der Waals surface area contributed by atoms with Gasteiger partial charge in [-0.25, -0.2) is 15.0 Å². The van der Waals surface area contributed by atoms with E-state index in [2.05, 4.69) is 19.9 Å². The summed E-state index contributed by atoms with van der Waals surface area (Å²) in [6.07, 6.45) is 2.33. The Morgan fingerprint density at radius 2 is 2.07 bits per heavy atom. The fourth-order valence-electron chi connectivity index (χ4n) is 1.11. The standard InChI is InChI=1S/C6H6N4O4S/c11-6(15(12,13)14)4-3-5(9-1-7-3)10-2-8-4/h1-2,6,11H,(H,12,13,14)(H,7,8,9,10). The highest BCUT2D eigenvalue weighted by Gasteiger charge is 2.26. The highest BCUT2D eigenvalue weighted by atomic mass is 32.2. The molecule has 2 aromatic rings. The lowest BCUT2D eigenvalue weighted by molar-refractivity contribution is 0.235. The van der Waals surface area contributed by atoms with Gasteiger partial charge in [-0.3, -0.25) is 4.55 Å². The van der Waals surface area contributed by atoms with Crippen molar-refractivity contribution in [2.24, 2.45) is 0 Å². The maximum Gasteiger partial charge on any atom is 0.298 e. The quantitative estimate of drug-likeness (QED) is 0.577. The maximum absolute atomic E-state index is 10.7. The lowest BCUT2D eigenvalue weighted by atomic mass is 10.4. The molecule has 3 N–H and O–H groups in total. The lowest BCUT2D eigenvalue weighted by Crippen LogP contribution is -2.13. The first-order valence-corrected chi connectivity index (χ1v) is 5.29. The van der Waals surface area contributed by atoms with Crippen LogP contribution in [0, 0.1) is 0 Å². The summed E-state index contributed by atoms with van der Waals surface area (Å²) < 4.78 is 30.1. The van der Waals surface area contributed by atoms with Gasteiger partial charge in [0.25, 0.3) is 10.1 Å². The van der Waals surface area contributed by atoms with E-state index in [4.69, 9.17) is 4.55 Å². The van der Waals surface area contributed by atoms with Crippen LogP contribution in [-0.2, 0) is 10.1 Å². The number of nitrogens with zero attached hydrogens (tertiary/aromatic N) is 3. The SMILES string of the molecule is O=S(=O)(O)C(O)c1ncnc2nc[nH]c12. The van der Waals surface area contributed by atoms with Crippen LogP contribution in [0.1, 0.15) is 11.1 Å². The Hall–Kier alpha value is -1.58. The second kappa shape index (κ2) is 3.22. The normalized spacial score (nSPS) is 14.3. The van der Waals surface area contributed by atoms with Gasteiger partial charge in [-0.2, -0.15) is 8.42 Å². The first-order chi connectivity index (χ1) is 7.00. The maximum atomic E-state index is 10.7. The molecule has 0 radical (unpaired) electrons. The zero-order valence-corrected chi connectivity index (χ0v) is 8.01. The Morgan fingerprint density at radius 3 is 2.73 bits per heavy atom. The van der Waals surface area contributed by atoms with Crippen molar-refractivity contribution in [1.29, 1.82) is 0 Å². The van der Waals surface area contributed by atoms with Crippen LogP contribution in [0.15, 0.2) is 12.7 Å². The Labute approximate surface area is 83.8 Å². The summed E-state index contributed by atoms with van der Waals surface area (Å²) in [4.78, 5) is 13.6. The van der Waals surface area contributed by atoms with E-state index < -0.39 is 15.6 Å². The molecule has 9 heteroatoms. The van der Waals surface area contributed by atoms with Gasteiger partial charge in [0.1, 0.15) is 17.5 Å². The summed E-state index contributed by atoms with van der Waals surface area (Å²) in [6.45, 7) is 0. The number of aromatic amines is 1. The number of aliphatic hydroxyl groups excluding tert-OH is 1. The number of fused-ring (bicyclic) bond motifs is 1. The van der Waals surface area contributed by atoms with Gasteiger partial charge in [0, 0.05) is 0 Å². The van der Waals surface area contributed by atoms with E-state index in [1.807, 2.05) is 0 Å². The van der Waals surface area contributed by atoms with Gasteiger partial charge < -0.3 is 10.1 Å². The highest BCUT2D eigenvalue weighted by Crippen LogP contribution is 2.21. The van der Waals surface area contributed by atoms with Crippen molar-refractivity contribution in [3.63, 3.8) is 0 Å².